The van der Waals surface area contributed by atoms with Gasteiger partial charge in [0.1, 0.15) is 22.5 Å². The Bertz CT molecular complexity index is 1470. The normalized spacial score (nSPS) is 21.2. The van der Waals surface area contributed by atoms with E-state index in [1.165, 1.54) is 29.1 Å². The molecule has 3 amide bonds. The average molecular weight is 544 g/mol. The third-order valence-electron chi connectivity index (χ3n) is 6.44. The number of hydrogen-bond donors (Lipinski definition) is 3. The summed E-state index contributed by atoms with van der Waals surface area (Å²) < 4.78 is -0.756. The van der Waals surface area contributed by atoms with Gasteiger partial charge in [0.25, 0.3) is 5.91 Å². The minimum Gasteiger partial charge on any atom is -0.548 e. The molecular formula is C25H22N5NaO6S. The van der Waals surface area contributed by atoms with Gasteiger partial charge in [-0.05, 0) is 37.6 Å². The summed E-state index contributed by atoms with van der Waals surface area (Å²) in [7, 11) is 0. The Morgan fingerprint density at radius 2 is 1.89 bits per heavy atom. The van der Waals surface area contributed by atoms with E-state index < -0.39 is 45.9 Å². The molecule has 1 aromatic carbocycles. The number of carboxylic acid groups (broad SMARTS) is 1. The molecule has 0 bridgehead atoms. The maximum Gasteiger partial charge on any atom is 1.00 e. The maximum absolute atomic E-state index is 12.9. The summed E-state index contributed by atoms with van der Waals surface area (Å²) in [4.78, 5) is 59.5. The van der Waals surface area contributed by atoms with Gasteiger partial charge in [-0.2, -0.15) is 0 Å². The van der Waals surface area contributed by atoms with E-state index in [4.69, 9.17) is 0 Å². The molecule has 1 unspecified atom stereocenters. The fourth-order valence-electron chi connectivity index (χ4n) is 4.68. The van der Waals surface area contributed by atoms with Crippen LogP contribution in [0.5, 0.6) is 5.75 Å². The summed E-state index contributed by atoms with van der Waals surface area (Å²) in [6.07, 6.45) is 2.59. The number of rotatable bonds is 6. The molecule has 2 fully saturated rings. The molecule has 38 heavy (non-hydrogen) atoms. The second-order valence-corrected chi connectivity index (χ2v) is 11.1. The molecule has 2 aliphatic rings. The second-order valence-electron chi connectivity index (χ2n) is 9.30. The molecule has 0 radical (unpaired) electrons. The van der Waals surface area contributed by atoms with Crippen LogP contribution in [0.25, 0.3) is 11.0 Å². The molecule has 0 saturated carbocycles. The van der Waals surface area contributed by atoms with Gasteiger partial charge in [0.2, 0.25) is 11.8 Å². The quantitative estimate of drug-likeness (QED) is 0.224. The van der Waals surface area contributed by atoms with E-state index in [1.54, 1.807) is 50.2 Å². The number of nitrogens with zero attached hydrogens (tertiary/aromatic N) is 3. The van der Waals surface area contributed by atoms with Gasteiger partial charge in [-0.1, -0.05) is 18.2 Å². The van der Waals surface area contributed by atoms with Crippen LogP contribution in [0.4, 0.5) is 5.69 Å². The molecule has 3 N–H and O–H groups in total. The van der Waals surface area contributed by atoms with Crippen LogP contribution in [0.3, 0.4) is 0 Å². The zero-order chi connectivity index (χ0) is 26.5. The molecule has 2 aliphatic heterocycles. The number of aromatic hydroxyl groups is 1. The molecule has 5 rings (SSSR count). The SMILES string of the molecule is CC1(C)S[C@@H]2C(NC(=O)Cc3ccccc3NC(=O)c3cnc4cccnc4c3O)C(=O)N2[C@H]1C(=O)[O-].[Na+]. The number of fused-ring (bicyclic) bond motifs is 2. The molecule has 2 aromatic heterocycles. The Morgan fingerprint density at radius 3 is 2.63 bits per heavy atom. The number of hydrogen-bond acceptors (Lipinski definition) is 9. The van der Waals surface area contributed by atoms with Gasteiger partial charge in [-0.25, -0.2) is 0 Å². The van der Waals surface area contributed by atoms with Crippen molar-refractivity contribution in [2.24, 2.45) is 0 Å². The molecule has 0 aliphatic carbocycles. The number of carbonyl (C=O) groups is 4. The van der Waals surface area contributed by atoms with E-state index >= 15 is 0 Å². The first-order chi connectivity index (χ1) is 17.6. The number of thioether (sulfide) groups is 1. The third kappa shape index (κ3) is 4.84. The van der Waals surface area contributed by atoms with Crippen molar-refractivity contribution in [3.63, 3.8) is 0 Å². The van der Waals surface area contributed by atoms with Crippen LogP contribution in [0.15, 0.2) is 48.8 Å². The minimum absolute atomic E-state index is 0. The van der Waals surface area contributed by atoms with Crippen LogP contribution in [-0.2, 0) is 20.8 Å². The number of β-lactam (4-membered cyclic amide) rings is 1. The van der Waals surface area contributed by atoms with E-state index in [-0.39, 0.29) is 52.8 Å². The first kappa shape index (κ1) is 27.8. The molecule has 13 heteroatoms. The van der Waals surface area contributed by atoms with E-state index in [0.717, 1.165) is 0 Å². The van der Waals surface area contributed by atoms with E-state index in [0.29, 0.717) is 16.8 Å². The number of amides is 3. The summed E-state index contributed by atoms with van der Waals surface area (Å²) in [5.74, 6) is -3.20. The number of carboxylic acids is 1. The number of aromatic nitrogens is 2. The molecule has 3 aromatic rings. The minimum atomic E-state index is -1.33. The van der Waals surface area contributed by atoms with Gasteiger partial charge >= 0.3 is 29.6 Å². The van der Waals surface area contributed by atoms with E-state index in [1.807, 2.05) is 0 Å². The largest absolute Gasteiger partial charge is 1.00 e. The van der Waals surface area contributed by atoms with Crippen molar-refractivity contribution in [2.75, 3.05) is 5.32 Å². The van der Waals surface area contributed by atoms with Crippen molar-refractivity contribution in [1.29, 1.82) is 0 Å². The summed E-state index contributed by atoms with van der Waals surface area (Å²) >= 11 is 1.30. The van der Waals surface area contributed by atoms with Gasteiger partial charge in [0, 0.05) is 22.8 Å². The number of anilines is 1. The first-order valence-corrected chi connectivity index (χ1v) is 12.3. The number of carbonyl (C=O) groups excluding carboxylic acids is 4. The first-order valence-electron chi connectivity index (χ1n) is 11.4. The van der Waals surface area contributed by atoms with Crippen molar-refractivity contribution in [3.05, 3.63) is 59.9 Å². The van der Waals surface area contributed by atoms with E-state index in [9.17, 15) is 29.4 Å². The molecule has 2 saturated heterocycles. The van der Waals surface area contributed by atoms with Crippen molar-refractivity contribution >= 4 is 52.2 Å². The number of nitrogens with one attached hydrogen (secondary N) is 2. The molecule has 190 valence electrons. The van der Waals surface area contributed by atoms with Gasteiger partial charge in [0.15, 0.2) is 5.75 Å². The summed E-state index contributed by atoms with van der Waals surface area (Å²) in [6.45, 7) is 3.45. The number of aliphatic carboxylic acids is 1. The van der Waals surface area contributed by atoms with Crippen molar-refractivity contribution in [1.82, 2.24) is 20.2 Å². The van der Waals surface area contributed by atoms with Gasteiger partial charge in [-0.15, -0.1) is 11.8 Å². The molecule has 11 nitrogen and oxygen atoms in total. The number of para-hydroxylation sites is 1. The average Bonchev–Trinajstić information content (AvgIpc) is 3.12. The summed E-state index contributed by atoms with van der Waals surface area (Å²) in [5.41, 5.74) is 1.38. The van der Waals surface area contributed by atoms with Crippen LogP contribution in [0.1, 0.15) is 29.8 Å². The van der Waals surface area contributed by atoms with Crippen LogP contribution >= 0.6 is 11.8 Å². The standard InChI is InChI=1S/C25H23N5O6S.Na/c1-25(2)20(24(35)36)30-22(34)18(23(30)37-25)29-16(31)10-12-6-3-4-7-14(12)28-21(33)13-11-27-15-8-5-9-26-17(15)19(13)32;/h3-9,11,18,20,23H,10H2,1-2H3,(H,27,32)(H,28,33)(H,29,31)(H,35,36);/q;+1/p-1/t18?,20-,23+;/m0./s1. The number of pyridine rings is 2. The zero-order valence-electron chi connectivity index (χ0n) is 20.8. The monoisotopic (exact) mass is 543 g/mol. The fraction of sp³-hybridized carbons (Fsp3) is 0.280. The summed E-state index contributed by atoms with van der Waals surface area (Å²) in [6, 6.07) is 8.05. The Balaban J connectivity index is 0.00000336. The Kier molecular flexibility index (Phi) is 7.71. The van der Waals surface area contributed by atoms with Crippen LogP contribution in [0, 0.1) is 0 Å². The zero-order valence-corrected chi connectivity index (χ0v) is 23.6. The van der Waals surface area contributed by atoms with Crippen molar-refractivity contribution < 1.29 is 58.9 Å². The van der Waals surface area contributed by atoms with Gasteiger partial charge in [-0.3, -0.25) is 24.4 Å². The molecule has 0 spiro atoms. The van der Waals surface area contributed by atoms with Crippen molar-refractivity contribution in [2.45, 2.75) is 42.5 Å². The number of benzene rings is 1. The topological polar surface area (TPSA) is 165 Å². The predicted molar refractivity (Wildman–Crippen MR) is 132 cm³/mol. The molecule has 4 heterocycles. The smallest absolute Gasteiger partial charge is 0.548 e. The Hall–Kier alpha value is -3.19. The van der Waals surface area contributed by atoms with Crippen LogP contribution in [-0.4, -0.2) is 65.9 Å². The molecule has 3 atom stereocenters. The Labute approximate surface area is 243 Å². The predicted octanol–water partition coefficient (Wildman–Crippen LogP) is -2.57. The third-order valence-corrected chi connectivity index (χ3v) is 8.01. The Morgan fingerprint density at radius 1 is 1.16 bits per heavy atom. The van der Waals surface area contributed by atoms with Gasteiger partial charge < -0.3 is 30.5 Å². The van der Waals surface area contributed by atoms with Crippen molar-refractivity contribution in [3.8, 4) is 5.75 Å². The van der Waals surface area contributed by atoms with E-state index in [2.05, 4.69) is 20.6 Å². The second kappa shape index (κ2) is 10.5. The van der Waals surface area contributed by atoms with Crippen LogP contribution in [0.2, 0.25) is 0 Å². The van der Waals surface area contributed by atoms with Gasteiger partial charge in [0.05, 0.1) is 23.9 Å². The molecular weight excluding hydrogens is 521 g/mol. The maximum atomic E-state index is 12.9. The fourth-order valence-corrected chi connectivity index (χ4v) is 6.30. The summed E-state index contributed by atoms with van der Waals surface area (Å²) in [5, 5.41) is 27.0. The van der Waals surface area contributed by atoms with Crippen LogP contribution < -0.4 is 45.3 Å².